The summed E-state index contributed by atoms with van der Waals surface area (Å²) in [6.45, 7) is 5.61. The van der Waals surface area contributed by atoms with E-state index in [1.165, 1.54) is 11.3 Å². The van der Waals surface area contributed by atoms with Crippen molar-refractivity contribution in [2.75, 3.05) is 5.32 Å². The Labute approximate surface area is 191 Å². The minimum atomic E-state index is -0.616. The number of hydrogen-bond acceptors (Lipinski definition) is 9. The van der Waals surface area contributed by atoms with E-state index in [2.05, 4.69) is 25.5 Å². The van der Waals surface area contributed by atoms with Crippen LogP contribution in [0.2, 0.25) is 0 Å². The average molecular weight is 468 g/mol. The molecular weight excluding hydrogens is 446 g/mol. The lowest BCUT2D eigenvalue weighted by atomic mass is 10.2. The standard InChI is InChI=1S/C21H21N7O4S/c1-4-27-19(30)17(25-28(21(27)31)14-7-5-12(2)6-8-14)18-24-16(32-26-18)10-9-15(29)23-20-22-13(3)11-33-20/h5-8,11H,4,9-10H2,1-3H3,(H,22,23,29). The van der Waals surface area contributed by atoms with Gasteiger partial charge in [-0.25, -0.2) is 9.78 Å². The normalized spacial score (nSPS) is 11.0. The highest BCUT2D eigenvalue weighted by molar-refractivity contribution is 7.13. The third kappa shape index (κ3) is 4.80. The van der Waals surface area contributed by atoms with Crippen LogP contribution in [0.25, 0.3) is 17.2 Å². The summed E-state index contributed by atoms with van der Waals surface area (Å²) in [5, 5.41) is 13.1. The van der Waals surface area contributed by atoms with Crippen LogP contribution >= 0.6 is 11.3 Å². The number of carbonyl (C=O) groups is 1. The predicted octanol–water partition coefficient (Wildman–Crippen LogP) is 2.11. The number of benzene rings is 1. The smallest absolute Gasteiger partial charge is 0.339 e. The number of carbonyl (C=O) groups excluding carboxylic acids is 1. The second-order valence-electron chi connectivity index (χ2n) is 7.28. The Morgan fingerprint density at radius 1 is 1.15 bits per heavy atom. The number of hydrogen-bond donors (Lipinski definition) is 1. The molecule has 0 spiro atoms. The number of nitrogens with one attached hydrogen (secondary N) is 1. The quantitative estimate of drug-likeness (QED) is 0.436. The third-order valence-electron chi connectivity index (χ3n) is 4.77. The van der Waals surface area contributed by atoms with Crippen LogP contribution in [0.5, 0.6) is 0 Å². The molecule has 3 aromatic heterocycles. The van der Waals surface area contributed by atoms with Gasteiger partial charge in [-0.15, -0.1) is 11.3 Å². The molecule has 11 nitrogen and oxygen atoms in total. The number of anilines is 1. The number of thiazole rings is 1. The fraction of sp³-hybridized carbons (Fsp3) is 0.286. The second kappa shape index (κ2) is 9.28. The van der Waals surface area contributed by atoms with Gasteiger partial charge in [0.25, 0.3) is 5.56 Å². The van der Waals surface area contributed by atoms with Gasteiger partial charge in [0.1, 0.15) is 0 Å². The van der Waals surface area contributed by atoms with Crippen molar-refractivity contribution in [2.24, 2.45) is 0 Å². The summed E-state index contributed by atoms with van der Waals surface area (Å²) in [7, 11) is 0. The largest absolute Gasteiger partial charge is 0.352 e. The summed E-state index contributed by atoms with van der Waals surface area (Å²) in [5.74, 6) is -0.120. The van der Waals surface area contributed by atoms with Gasteiger partial charge in [-0.05, 0) is 32.9 Å². The third-order valence-corrected chi connectivity index (χ3v) is 5.64. The molecule has 3 heterocycles. The van der Waals surface area contributed by atoms with Gasteiger partial charge < -0.3 is 9.84 Å². The fourth-order valence-electron chi connectivity index (χ4n) is 3.05. The van der Waals surface area contributed by atoms with E-state index < -0.39 is 11.2 Å². The molecule has 4 rings (SSSR count). The SMILES string of the molecule is CCn1c(=O)c(-c2noc(CCC(=O)Nc3nc(C)cs3)n2)nn(-c2ccc(C)cc2)c1=O. The van der Waals surface area contributed by atoms with E-state index >= 15 is 0 Å². The van der Waals surface area contributed by atoms with Gasteiger partial charge in [-0.2, -0.15) is 14.8 Å². The van der Waals surface area contributed by atoms with Crippen molar-refractivity contribution in [3.8, 4) is 17.2 Å². The van der Waals surface area contributed by atoms with Gasteiger partial charge in [0, 0.05) is 24.8 Å². The number of aryl methyl sites for hydroxylation is 3. The van der Waals surface area contributed by atoms with Crippen molar-refractivity contribution < 1.29 is 9.32 Å². The fourth-order valence-corrected chi connectivity index (χ4v) is 3.76. The van der Waals surface area contributed by atoms with Gasteiger partial charge in [0.15, 0.2) is 10.8 Å². The molecule has 12 heteroatoms. The van der Waals surface area contributed by atoms with Gasteiger partial charge in [-0.1, -0.05) is 22.9 Å². The van der Waals surface area contributed by atoms with Gasteiger partial charge in [0.05, 0.1) is 11.4 Å². The maximum Gasteiger partial charge on any atom is 0.352 e. The Balaban J connectivity index is 1.58. The van der Waals surface area contributed by atoms with Crippen LogP contribution in [0.4, 0.5) is 5.13 Å². The zero-order valence-corrected chi connectivity index (χ0v) is 19.0. The number of aromatic nitrogens is 6. The molecule has 0 aliphatic rings. The van der Waals surface area contributed by atoms with Crippen molar-refractivity contribution in [1.82, 2.24) is 29.5 Å². The van der Waals surface area contributed by atoms with E-state index in [0.717, 1.165) is 20.5 Å². The minimum absolute atomic E-state index is 0.0472. The Morgan fingerprint density at radius 2 is 1.91 bits per heavy atom. The van der Waals surface area contributed by atoms with E-state index in [4.69, 9.17) is 4.52 Å². The Bertz CT molecular complexity index is 1420. The summed E-state index contributed by atoms with van der Waals surface area (Å²) >= 11 is 1.34. The molecule has 0 aliphatic carbocycles. The molecule has 0 bridgehead atoms. The Hall–Kier alpha value is -3.93. The molecule has 1 amide bonds. The first-order valence-corrected chi connectivity index (χ1v) is 11.1. The van der Waals surface area contributed by atoms with Gasteiger partial charge in [-0.3, -0.25) is 14.2 Å². The summed E-state index contributed by atoms with van der Waals surface area (Å²) in [5.41, 5.74) is 1.06. The van der Waals surface area contributed by atoms with Crippen LogP contribution in [0.15, 0.2) is 43.8 Å². The highest BCUT2D eigenvalue weighted by Gasteiger charge is 2.20. The highest BCUT2D eigenvalue weighted by Crippen LogP contribution is 2.15. The lowest BCUT2D eigenvalue weighted by molar-refractivity contribution is -0.116. The molecule has 1 N–H and O–H groups in total. The maximum absolute atomic E-state index is 12.8. The molecule has 0 atom stereocenters. The summed E-state index contributed by atoms with van der Waals surface area (Å²) in [6, 6.07) is 7.16. The van der Waals surface area contributed by atoms with Crippen molar-refractivity contribution in [1.29, 1.82) is 0 Å². The molecule has 1 aromatic carbocycles. The van der Waals surface area contributed by atoms with Crippen LogP contribution in [-0.2, 0) is 17.8 Å². The molecule has 0 unspecified atom stereocenters. The molecule has 0 saturated heterocycles. The lowest BCUT2D eigenvalue weighted by Gasteiger charge is -2.09. The van der Waals surface area contributed by atoms with E-state index in [-0.39, 0.29) is 42.7 Å². The van der Waals surface area contributed by atoms with Crippen LogP contribution in [-0.4, -0.2) is 35.4 Å². The predicted molar refractivity (Wildman–Crippen MR) is 122 cm³/mol. The molecule has 0 saturated carbocycles. The first kappa shape index (κ1) is 22.3. The van der Waals surface area contributed by atoms with E-state index in [9.17, 15) is 14.4 Å². The summed E-state index contributed by atoms with van der Waals surface area (Å²) in [6.07, 6.45) is 0.262. The summed E-state index contributed by atoms with van der Waals surface area (Å²) in [4.78, 5) is 46.1. The van der Waals surface area contributed by atoms with Gasteiger partial charge >= 0.3 is 5.69 Å². The van der Waals surface area contributed by atoms with Crippen LogP contribution < -0.4 is 16.6 Å². The Kier molecular flexibility index (Phi) is 6.27. The molecule has 0 fully saturated rings. The number of rotatable bonds is 7. The molecule has 0 aliphatic heterocycles. The van der Waals surface area contributed by atoms with E-state index in [0.29, 0.717) is 10.8 Å². The number of amides is 1. The first-order chi connectivity index (χ1) is 15.9. The maximum atomic E-state index is 12.8. The van der Waals surface area contributed by atoms with Crippen molar-refractivity contribution in [3.05, 3.63) is 67.6 Å². The van der Waals surface area contributed by atoms with Gasteiger partial charge in [0.2, 0.25) is 17.6 Å². The van der Waals surface area contributed by atoms with E-state index in [1.54, 1.807) is 19.1 Å². The minimum Gasteiger partial charge on any atom is -0.339 e. The van der Waals surface area contributed by atoms with Crippen molar-refractivity contribution in [3.63, 3.8) is 0 Å². The van der Waals surface area contributed by atoms with Crippen LogP contribution in [0.1, 0.15) is 30.5 Å². The summed E-state index contributed by atoms with van der Waals surface area (Å²) < 4.78 is 7.41. The second-order valence-corrected chi connectivity index (χ2v) is 8.14. The monoisotopic (exact) mass is 467 g/mol. The number of nitrogens with zero attached hydrogens (tertiary/aromatic N) is 6. The average Bonchev–Trinajstić information content (AvgIpc) is 3.42. The van der Waals surface area contributed by atoms with Crippen molar-refractivity contribution >= 4 is 22.4 Å². The van der Waals surface area contributed by atoms with Crippen molar-refractivity contribution in [2.45, 2.75) is 40.2 Å². The van der Waals surface area contributed by atoms with Crippen LogP contribution in [0, 0.1) is 13.8 Å². The zero-order chi connectivity index (χ0) is 23.5. The first-order valence-electron chi connectivity index (χ1n) is 10.2. The topological polar surface area (TPSA) is 138 Å². The van der Waals surface area contributed by atoms with E-state index in [1.807, 2.05) is 31.4 Å². The Morgan fingerprint density at radius 3 is 2.58 bits per heavy atom. The van der Waals surface area contributed by atoms with Crippen LogP contribution in [0.3, 0.4) is 0 Å². The molecule has 4 aromatic rings. The molecule has 170 valence electrons. The lowest BCUT2D eigenvalue weighted by Crippen LogP contribution is -2.41. The molecule has 33 heavy (non-hydrogen) atoms. The zero-order valence-electron chi connectivity index (χ0n) is 18.2. The molecule has 0 radical (unpaired) electrons. The highest BCUT2D eigenvalue weighted by atomic mass is 32.1. The molecular formula is C21H21N7O4S.